The van der Waals surface area contributed by atoms with Crippen molar-refractivity contribution in [2.24, 2.45) is 0 Å². The Morgan fingerprint density at radius 2 is 1.35 bits per heavy atom. The van der Waals surface area contributed by atoms with Gasteiger partial charge in [-0.3, -0.25) is 0 Å². The molecule has 3 rings (SSSR count). The van der Waals surface area contributed by atoms with Gasteiger partial charge in [0.15, 0.2) is 0 Å². The highest BCUT2D eigenvalue weighted by atomic mass is 16.6. The van der Waals surface area contributed by atoms with Gasteiger partial charge in [0, 0.05) is 0 Å². The van der Waals surface area contributed by atoms with E-state index in [1.165, 1.54) is 35.1 Å². The first-order valence-corrected chi connectivity index (χ1v) is 8.65. The molecule has 2 heteroatoms. The zero-order valence-electron chi connectivity index (χ0n) is 14.1. The monoisotopic (exact) mass is 310 g/mol. The summed E-state index contributed by atoms with van der Waals surface area (Å²) in [7, 11) is 0. The average molecular weight is 310 g/mol. The van der Waals surface area contributed by atoms with Crippen LogP contribution in [0, 0.1) is 6.92 Å². The molecule has 1 heterocycles. The molecular formula is C21H26O2. The Labute approximate surface area is 139 Å². The van der Waals surface area contributed by atoms with E-state index in [4.69, 9.17) is 9.47 Å². The fraction of sp³-hybridized carbons (Fsp3) is 0.429. The van der Waals surface area contributed by atoms with Crippen LogP contribution in [0.3, 0.4) is 0 Å². The van der Waals surface area contributed by atoms with Crippen LogP contribution in [0.2, 0.25) is 0 Å². The van der Waals surface area contributed by atoms with E-state index in [1.54, 1.807) is 0 Å². The standard InChI is InChI=1S/C21H26O2/c1-3-4-5-17-8-12-19(13-9-17)21-15-22-20(14-23-21)18-10-6-16(2)7-11-18/h6-13,20-21H,3-5,14-15H2,1-2H3/t20-,21+/m0/s1. The van der Waals surface area contributed by atoms with Crippen LogP contribution in [0.5, 0.6) is 0 Å². The van der Waals surface area contributed by atoms with E-state index in [1.807, 2.05) is 0 Å². The van der Waals surface area contributed by atoms with E-state index in [2.05, 4.69) is 62.4 Å². The minimum Gasteiger partial charge on any atom is -0.368 e. The summed E-state index contributed by atoms with van der Waals surface area (Å²) in [6, 6.07) is 17.3. The molecule has 1 aliphatic heterocycles. The highest BCUT2D eigenvalue weighted by Crippen LogP contribution is 2.30. The maximum absolute atomic E-state index is 6.06. The Morgan fingerprint density at radius 1 is 0.826 bits per heavy atom. The van der Waals surface area contributed by atoms with Crippen molar-refractivity contribution < 1.29 is 9.47 Å². The largest absolute Gasteiger partial charge is 0.368 e. The number of rotatable bonds is 5. The third kappa shape index (κ3) is 4.21. The highest BCUT2D eigenvalue weighted by molar-refractivity contribution is 5.26. The molecule has 2 nitrogen and oxygen atoms in total. The number of unbranched alkanes of at least 4 members (excludes halogenated alkanes) is 1. The van der Waals surface area contributed by atoms with Crippen molar-refractivity contribution in [1.29, 1.82) is 0 Å². The third-order valence-electron chi connectivity index (χ3n) is 4.52. The zero-order chi connectivity index (χ0) is 16.1. The van der Waals surface area contributed by atoms with Crippen molar-refractivity contribution in [1.82, 2.24) is 0 Å². The van der Waals surface area contributed by atoms with Crippen molar-refractivity contribution in [3.63, 3.8) is 0 Å². The molecule has 0 unspecified atom stereocenters. The summed E-state index contributed by atoms with van der Waals surface area (Å²) in [6.45, 7) is 5.56. The average Bonchev–Trinajstić information content (AvgIpc) is 2.61. The first-order valence-electron chi connectivity index (χ1n) is 8.65. The van der Waals surface area contributed by atoms with Crippen molar-refractivity contribution in [3.8, 4) is 0 Å². The number of ether oxygens (including phenoxy) is 2. The van der Waals surface area contributed by atoms with Crippen LogP contribution in [0.25, 0.3) is 0 Å². The maximum Gasteiger partial charge on any atom is 0.106 e. The first kappa shape index (κ1) is 16.2. The summed E-state index contributed by atoms with van der Waals surface area (Å²) in [5.74, 6) is 0. The fourth-order valence-electron chi connectivity index (χ4n) is 2.95. The normalized spacial score (nSPS) is 21.3. The maximum atomic E-state index is 6.06. The summed E-state index contributed by atoms with van der Waals surface area (Å²) in [5.41, 5.74) is 5.09. The number of hydrogen-bond acceptors (Lipinski definition) is 2. The molecule has 0 spiro atoms. The van der Waals surface area contributed by atoms with Crippen LogP contribution >= 0.6 is 0 Å². The van der Waals surface area contributed by atoms with Crippen LogP contribution in [0.4, 0.5) is 0 Å². The van der Waals surface area contributed by atoms with Gasteiger partial charge in [0.25, 0.3) is 0 Å². The van der Waals surface area contributed by atoms with E-state index in [0.29, 0.717) is 13.2 Å². The second kappa shape index (κ2) is 7.76. The molecule has 1 fully saturated rings. The van der Waals surface area contributed by atoms with E-state index in [0.717, 1.165) is 6.42 Å². The van der Waals surface area contributed by atoms with Crippen LogP contribution in [-0.4, -0.2) is 13.2 Å². The third-order valence-corrected chi connectivity index (χ3v) is 4.52. The lowest BCUT2D eigenvalue weighted by Gasteiger charge is -2.30. The number of aryl methyl sites for hydroxylation is 2. The van der Waals surface area contributed by atoms with Crippen LogP contribution in [-0.2, 0) is 15.9 Å². The number of hydrogen-bond donors (Lipinski definition) is 0. The molecule has 23 heavy (non-hydrogen) atoms. The van der Waals surface area contributed by atoms with Gasteiger partial charge in [-0.2, -0.15) is 0 Å². The molecule has 2 atom stereocenters. The first-order chi connectivity index (χ1) is 11.3. The molecule has 2 aromatic rings. The van der Waals surface area contributed by atoms with Crippen molar-refractivity contribution in [2.45, 2.75) is 45.3 Å². The smallest absolute Gasteiger partial charge is 0.106 e. The van der Waals surface area contributed by atoms with E-state index in [9.17, 15) is 0 Å². The summed E-state index contributed by atoms with van der Waals surface area (Å²) >= 11 is 0. The molecule has 122 valence electrons. The molecule has 0 aliphatic carbocycles. The van der Waals surface area contributed by atoms with Crippen molar-refractivity contribution in [3.05, 3.63) is 70.8 Å². The summed E-state index contributed by atoms with van der Waals surface area (Å²) < 4.78 is 12.1. The topological polar surface area (TPSA) is 18.5 Å². The van der Waals surface area contributed by atoms with Gasteiger partial charge in [-0.1, -0.05) is 67.4 Å². The molecule has 1 aliphatic rings. The van der Waals surface area contributed by atoms with Crippen molar-refractivity contribution >= 4 is 0 Å². The Hall–Kier alpha value is -1.64. The van der Waals surface area contributed by atoms with Crippen molar-refractivity contribution in [2.75, 3.05) is 13.2 Å². The van der Waals surface area contributed by atoms with Crippen LogP contribution < -0.4 is 0 Å². The van der Waals surface area contributed by atoms with Gasteiger partial charge in [-0.15, -0.1) is 0 Å². The van der Waals surface area contributed by atoms with Crippen LogP contribution in [0.15, 0.2) is 48.5 Å². The Kier molecular flexibility index (Phi) is 5.47. The lowest BCUT2D eigenvalue weighted by Crippen LogP contribution is -2.25. The molecule has 1 saturated heterocycles. The molecule has 0 aromatic heterocycles. The quantitative estimate of drug-likeness (QED) is 0.759. The summed E-state index contributed by atoms with van der Waals surface area (Å²) in [6.07, 6.45) is 3.75. The minimum absolute atomic E-state index is 0.0516. The van der Waals surface area contributed by atoms with Gasteiger partial charge in [0.1, 0.15) is 12.2 Å². The molecule has 0 saturated carbocycles. The SMILES string of the molecule is CCCCc1ccc([C@H]2CO[C@H](c3ccc(C)cc3)CO2)cc1. The molecule has 0 amide bonds. The van der Waals surface area contributed by atoms with Gasteiger partial charge in [-0.25, -0.2) is 0 Å². The molecule has 0 N–H and O–H groups in total. The predicted molar refractivity (Wildman–Crippen MR) is 93.6 cm³/mol. The van der Waals surface area contributed by atoms with Gasteiger partial charge in [-0.05, 0) is 36.5 Å². The van der Waals surface area contributed by atoms with Gasteiger partial charge in [0.2, 0.25) is 0 Å². The molecule has 0 bridgehead atoms. The second-order valence-corrected chi connectivity index (χ2v) is 6.40. The predicted octanol–water partition coefficient (Wildman–Crippen LogP) is 5.17. The zero-order valence-corrected chi connectivity index (χ0v) is 14.1. The van der Waals surface area contributed by atoms with Gasteiger partial charge >= 0.3 is 0 Å². The molecule has 2 aromatic carbocycles. The Morgan fingerprint density at radius 3 is 1.83 bits per heavy atom. The minimum atomic E-state index is 0.0516. The Bertz CT molecular complexity index is 593. The highest BCUT2D eigenvalue weighted by Gasteiger charge is 2.24. The second-order valence-electron chi connectivity index (χ2n) is 6.40. The molecular weight excluding hydrogens is 284 g/mol. The number of benzene rings is 2. The fourth-order valence-corrected chi connectivity index (χ4v) is 2.95. The Balaban J connectivity index is 1.57. The summed E-state index contributed by atoms with van der Waals surface area (Å²) in [4.78, 5) is 0. The lowest BCUT2D eigenvalue weighted by molar-refractivity contribution is -0.137. The molecule has 0 radical (unpaired) electrons. The lowest BCUT2D eigenvalue weighted by atomic mass is 10.0. The summed E-state index contributed by atoms with van der Waals surface area (Å²) in [5, 5.41) is 0. The van der Waals surface area contributed by atoms with E-state index < -0.39 is 0 Å². The van der Waals surface area contributed by atoms with Gasteiger partial charge < -0.3 is 9.47 Å². The van der Waals surface area contributed by atoms with E-state index >= 15 is 0 Å². The van der Waals surface area contributed by atoms with Gasteiger partial charge in [0.05, 0.1) is 13.2 Å². The van der Waals surface area contributed by atoms with Crippen LogP contribution in [0.1, 0.15) is 54.2 Å². The van der Waals surface area contributed by atoms with E-state index in [-0.39, 0.29) is 12.2 Å².